The Morgan fingerprint density at radius 1 is 0.481 bits per heavy atom. The van der Waals surface area contributed by atoms with E-state index in [1.807, 2.05) is 97.1 Å². The molecule has 2 N–H and O–H groups in total. The van der Waals surface area contributed by atoms with E-state index < -0.39 is 5.60 Å². The zero-order valence-corrected chi connectivity index (χ0v) is 14.8. The molecule has 0 bridgehead atoms. The summed E-state index contributed by atoms with van der Waals surface area (Å²) in [5.41, 5.74) is 3.12. The predicted octanol–water partition coefficient (Wildman–Crippen LogP) is 5.34. The van der Waals surface area contributed by atoms with E-state index in [2.05, 4.69) is 0 Å². The van der Waals surface area contributed by atoms with Crippen LogP contribution in [0.25, 0.3) is 11.1 Å². The highest BCUT2D eigenvalue weighted by molar-refractivity contribution is 5.66. The zero-order chi connectivity index (χ0) is 18.7. The lowest BCUT2D eigenvalue weighted by Gasteiger charge is -2.30. The summed E-state index contributed by atoms with van der Waals surface area (Å²) in [6.45, 7) is 0. The van der Waals surface area contributed by atoms with Crippen molar-refractivity contribution < 1.29 is 10.2 Å². The highest BCUT2D eigenvalue weighted by Gasteiger charge is 2.33. The van der Waals surface area contributed by atoms with Gasteiger partial charge in [-0.1, -0.05) is 97.1 Å². The predicted molar refractivity (Wildman–Crippen MR) is 109 cm³/mol. The van der Waals surface area contributed by atoms with Gasteiger partial charge in [-0.2, -0.15) is 0 Å². The minimum absolute atomic E-state index is 0.238. The van der Waals surface area contributed by atoms with Gasteiger partial charge < -0.3 is 10.2 Å². The SMILES string of the molecule is Oc1cccc(-c2ccc(C(O)(c3ccccc3)c3ccccc3)cc2)c1. The van der Waals surface area contributed by atoms with Crippen molar-refractivity contribution in [3.8, 4) is 16.9 Å². The van der Waals surface area contributed by atoms with E-state index in [0.29, 0.717) is 0 Å². The summed E-state index contributed by atoms with van der Waals surface area (Å²) in [5.74, 6) is 0.238. The van der Waals surface area contributed by atoms with E-state index in [4.69, 9.17) is 0 Å². The average Bonchev–Trinajstić information content (AvgIpc) is 2.74. The summed E-state index contributed by atoms with van der Waals surface area (Å²) in [7, 11) is 0. The van der Waals surface area contributed by atoms with E-state index in [0.717, 1.165) is 27.8 Å². The van der Waals surface area contributed by atoms with Gasteiger partial charge in [0, 0.05) is 0 Å². The molecular formula is C25H20O2. The average molecular weight is 352 g/mol. The number of benzene rings is 4. The number of hydrogen-bond donors (Lipinski definition) is 2. The minimum Gasteiger partial charge on any atom is -0.508 e. The quantitative estimate of drug-likeness (QED) is 0.487. The molecule has 2 nitrogen and oxygen atoms in total. The summed E-state index contributed by atoms with van der Waals surface area (Å²) in [4.78, 5) is 0. The molecule has 0 amide bonds. The van der Waals surface area contributed by atoms with Gasteiger partial charge >= 0.3 is 0 Å². The molecule has 0 saturated heterocycles. The Kier molecular flexibility index (Phi) is 4.49. The van der Waals surface area contributed by atoms with Gasteiger partial charge in [0.05, 0.1) is 0 Å². The van der Waals surface area contributed by atoms with Gasteiger partial charge in [0.15, 0.2) is 0 Å². The van der Waals surface area contributed by atoms with Crippen molar-refractivity contribution in [3.05, 3.63) is 126 Å². The number of rotatable bonds is 4. The van der Waals surface area contributed by atoms with Crippen LogP contribution in [0.3, 0.4) is 0 Å². The second-order valence-corrected chi connectivity index (χ2v) is 6.57. The van der Waals surface area contributed by atoms with E-state index in [9.17, 15) is 10.2 Å². The van der Waals surface area contributed by atoms with E-state index in [1.54, 1.807) is 12.1 Å². The Morgan fingerprint density at radius 3 is 1.52 bits per heavy atom. The molecule has 0 radical (unpaired) electrons. The third-order valence-corrected chi connectivity index (χ3v) is 4.87. The monoisotopic (exact) mass is 352 g/mol. The van der Waals surface area contributed by atoms with Gasteiger partial charge in [-0.25, -0.2) is 0 Å². The summed E-state index contributed by atoms with van der Waals surface area (Å²) in [6, 6.07) is 34.4. The summed E-state index contributed by atoms with van der Waals surface area (Å²) in [6.07, 6.45) is 0. The largest absolute Gasteiger partial charge is 0.508 e. The third-order valence-electron chi connectivity index (χ3n) is 4.87. The highest BCUT2D eigenvalue weighted by atomic mass is 16.3. The van der Waals surface area contributed by atoms with Crippen molar-refractivity contribution in [1.82, 2.24) is 0 Å². The first-order valence-corrected chi connectivity index (χ1v) is 8.91. The molecular weight excluding hydrogens is 332 g/mol. The number of hydrogen-bond acceptors (Lipinski definition) is 2. The molecule has 0 heterocycles. The van der Waals surface area contributed by atoms with Gasteiger partial charge in [0.2, 0.25) is 0 Å². The molecule has 0 spiro atoms. The van der Waals surface area contributed by atoms with Gasteiger partial charge in [-0.15, -0.1) is 0 Å². The third kappa shape index (κ3) is 3.23. The summed E-state index contributed by atoms with van der Waals surface area (Å²) >= 11 is 0. The smallest absolute Gasteiger partial charge is 0.140 e. The molecule has 2 heteroatoms. The molecule has 0 aliphatic rings. The van der Waals surface area contributed by atoms with Crippen LogP contribution in [0, 0.1) is 0 Å². The van der Waals surface area contributed by atoms with E-state index in [1.165, 1.54) is 0 Å². The molecule has 0 aromatic heterocycles. The maximum atomic E-state index is 11.8. The minimum atomic E-state index is -1.24. The van der Waals surface area contributed by atoms with Crippen molar-refractivity contribution in [2.24, 2.45) is 0 Å². The van der Waals surface area contributed by atoms with Crippen molar-refractivity contribution in [2.45, 2.75) is 5.60 Å². The van der Waals surface area contributed by atoms with Crippen LogP contribution in [0.4, 0.5) is 0 Å². The number of phenolic OH excluding ortho intramolecular Hbond substituents is 1. The second-order valence-electron chi connectivity index (χ2n) is 6.57. The topological polar surface area (TPSA) is 40.5 Å². The standard InChI is InChI=1S/C25H20O2/c26-24-13-7-8-20(18-24)19-14-16-23(17-15-19)25(27,21-9-3-1-4-10-21)22-11-5-2-6-12-22/h1-18,26-27H. The fraction of sp³-hybridized carbons (Fsp3) is 0.0400. The van der Waals surface area contributed by atoms with Crippen LogP contribution in [0.2, 0.25) is 0 Å². The Balaban J connectivity index is 1.82. The fourth-order valence-corrected chi connectivity index (χ4v) is 3.45. The second kappa shape index (κ2) is 7.10. The molecule has 0 saturated carbocycles. The first-order valence-electron chi connectivity index (χ1n) is 8.91. The lowest BCUT2D eigenvalue weighted by Crippen LogP contribution is -2.28. The molecule has 27 heavy (non-hydrogen) atoms. The maximum Gasteiger partial charge on any atom is 0.140 e. The number of phenols is 1. The fourth-order valence-electron chi connectivity index (χ4n) is 3.45. The number of aliphatic hydroxyl groups is 1. The normalized spacial score (nSPS) is 11.3. The van der Waals surface area contributed by atoms with Gasteiger partial charge in [-0.3, -0.25) is 0 Å². The Labute approximate surface area is 159 Å². The van der Waals surface area contributed by atoms with Crippen LogP contribution >= 0.6 is 0 Å². The molecule has 0 aliphatic carbocycles. The maximum absolute atomic E-state index is 11.8. The van der Waals surface area contributed by atoms with Crippen LogP contribution in [0.5, 0.6) is 5.75 Å². The van der Waals surface area contributed by atoms with Crippen molar-refractivity contribution in [2.75, 3.05) is 0 Å². The lowest BCUT2D eigenvalue weighted by atomic mass is 9.80. The summed E-state index contributed by atoms with van der Waals surface area (Å²) < 4.78 is 0. The van der Waals surface area contributed by atoms with Crippen LogP contribution in [0.1, 0.15) is 16.7 Å². The Hall–Kier alpha value is -3.36. The van der Waals surface area contributed by atoms with Crippen LogP contribution in [-0.2, 0) is 5.60 Å². The van der Waals surface area contributed by atoms with E-state index >= 15 is 0 Å². The van der Waals surface area contributed by atoms with Crippen molar-refractivity contribution >= 4 is 0 Å². The number of aromatic hydroxyl groups is 1. The zero-order valence-electron chi connectivity index (χ0n) is 14.8. The Bertz CT molecular complexity index is 983. The molecule has 4 aromatic carbocycles. The van der Waals surface area contributed by atoms with Gasteiger partial charge in [-0.05, 0) is 39.9 Å². The van der Waals surface area contributed by atoms with E-state index in [-0.39, 0.29) is 5.75 Å². The molecule has 0 unspecified atom stereocenters. The molecule has 0 aliphatic heterocycles. The summed E-state index contributed by atoms with van der Waals surface area (Å²) in [5, 5.41) is 21.5. The molecule has 4 rings (SSSR count). The van der Waals surface area contributed by atoms with Crippen LogP contribution in [0.15, 0.2) is 109 Å². The molecule has 0 atom stereocenters. The van der Waals surface area contributed by atoms with Crippen molar-refractivity contribution in [1.29, 1.82) is 0 Å². The first-order chi connectivity index (χ1) is 13.2. The van der Waals surface area contributed by atoms with Crippen LogP contribution in [-0.4, -0.2) is 10.2 Å². The molecule has 0 fully saturated rings. The van der Waals surface area contributed by atoms with Crippen LogP contribution < -0.4 is 0 Å². The lowest BCUT2D eigenvalue weighted by molar-refractivity contribution is 0.125. The van der Waals surface area contributed by atoms with Gasteiger partial charge in [0.25, 0.3) is 0 Å². The molecule has 132 valence electrons. The van der Waals surface area contributed by atoms with Gasteiger partial charge in [0.1, 0.15) is 11.4 Å². The van der Waals surface area contributed by atoms with Crippen molar-refractivity contribution in [3.63, 3.8) is 0 Å². The first kappa shape index (κ1) is 17.1. The molecule has 4 aromatic rings. The highest BCUT2D eigenvalue weighted by Crippen LogP contribution is 2.37. The Morgan fingerprint density at radius 2 is 1.00 bits per heavy atom.